The van der Waals surface area contributed by atoms with Gasteiger partial charge in [0, 0.05) is 0 Å². The number of nitrogens with one attached hydrogen (secondary N) is 1. The van der Waals surface area contributed by atoms with E-state index in [9.17, 15) is 9.59 Å². The largest absolute Gasteiger partial charge is 0.481 e. The van der Waals surface area contributed by atoms with Crippen molar-refractivity contribution >= 4 is 11.9 Å². The summed E-state index contributed by atoms with van der Waals surface area (Å²) < 4.78 is 0. The van der Waals surface area contributed by atoms with E-state index in [1.165, 1.54) is 19.3 Å². The number of hydrogen-bond donors (Lipinski definition) is 3. The molecule has 1 fully saturated rings. The molecule has 5 heteroatoms. The van der Waals surface area contributed by atoms with E-state index in [0.29, 0.717) is 12.5 Å². The Morgan fingerprint density at radius 1 is 1.33 bits per heavy atom. The van der Waals surface area contributed by atoms with Crippen molar-refractivity contribution in [2.45, 2.75) is 38.1 Å². The van der Waals surface area contributed by atoms with E-state index in [1.54, 1.807) is 0 Å². The fourth-order valence-corrected chi connectivity index (χ4v) is 1.66. The summed E-state index contributed by atoms with van der Waals surface area (Å²) in [6, 6.07) is -0.956. The molecule has 0 radical (unpaired) electrons. The number of carboxylic acids is 2. The third kappa shape index (κ3) is 4.29. The second-order valence-corrected chi connectivity index (χ2v) is 4.03. The minimum Gasteiger partial charge on any atom is -0.481 e. The van der Waals surface area contributed by atoms with E-state index in [1.807, 2.05) is 0 Å². The molecule has 0 aromatic rings. The first-order chi connectivity index (χ1) is 7.09. The summed E-state index contributed by atoms with van der Waals surface area (Å²) in [5.41, 5.74) is 0. The molecule has 1 aliphatic rings. The fraction of sp³-hybridized carbons (Fsp3) is 0.800. The monoisotopic (exact) mass is 215 g/mol. The Labute approximate surface area is 88.5 Å². The van der Waals surface area contributed by atoms with Gasteiger partial charge in [0.2, 0.25) is 0 Å². The molecule has 5 nitrogen and oxygen atoms in total. The van der Waals surface area contributed by atoms with Crippen molar-refractivity contribution in [2.75, 3.05) is 6.54 Å². The Morgan fingerprint density at radius 2 is 2.00 bits per heavy atom. The molecule has 1 saturated carbocycles. The molecule has 86 valence electrons. The van der Waals surface area contributed by atoms with E-state index in [4.69, 9.17) is 10.2 Å². The zero-order valence-corrected chi connectivity index (χ0v) is 8.61. The zero-order valence-electron chi connectivity index (χ0n) is 8.61. The van der Waals surface area contributed by atoms with Crippen molar-refractivity contribution in [1.82, 2.24) is 5.32 Å². The Balaban J connectivity index is 2.18. The Morgan fingerprint density at radius 3 is 2.40 bits per heavy atom. The third-order valence-electron chi connectivity index (χ3n) is 2.84. The van der Waals surface area contributed by atoms with Gasteiger partial charge in [-0.3, -0.25) is 9.59 Å². The maximum atomic E-state index is 10.7. The van der Waals surface area contributed by atoms with Gasteiger partial charge >= 0.3 is 11.9 Å². The molecule has 3 N–H and O–H groups in total. The quantitative estimate of drug-likeness (QED) is 0.581. The highest BCUT2D eigenvalue weighted by atomic mass is 16.4. The standard InChI is InChI=1S/C10H17NO4/c12-9(13)6-8(10(14)15)11-5-4-7-2-1-3-7/h7-8,11H,1-6H2,(H,12,13)(H,14,15). The van der Waals surface area contributed by atoms with Crippen LogP contribution in [0.3, 0.4) is 0 Å². The van der Waals surface area contributed by atoms with Crippen molar-refractivity contribution in [3.05, 3.63) is 0 Å². The fourth-order valence-electron chi connectivity index (χ4n) is 1.66. The molecule has 0 bridgehead atoms. The molecule has 1 aliphatic carbocycles. The lowest BCUT2D eigenvalue weighted by Crippen LogP contribution is -2.39. The number of aliphatic carboxylic acids is 2. The summed E-state index contributed by atoms with van der Waals surface area (Å²) in [4.78, 5) is 21.0. The van der Waals surface area contributed by atoms with E-state index in [2.05, 4.69) is 5.32 Å². The molecule has 0 aliphatic heterocycles. The summed E-state index contributed by atoms with van der Waals surface area (Å²) in [6.07, 6.45) is 4.29. The first-order valence-corrected chi connectivity index (χ1v) is 5.27. The smallest absolute Gasteiger partial charge is 0.321 e. The van der Waals surface area contributed by atoms with Crippen LogP contribution in [-0.2, 0) is 9.59 Å². The average Bonchev–Trinajstić information content (AvgIpc) is 2.06. The molecule has 0 aromatic carbocycles. The van der Waals surface area contributed by atoms with Crippen LogP contribution in [0.2, 0.25) is 0 Å². The number of rotatable bonds is 7. The van der Waals surface area contributed by atoms with E-state index in [-0.39, 0.29) is 6.42 Å². The van der Waals surface area contributed by atoms with Crippen LogP contribution in [0.25, 0.3) is 0 Å². The van der Waals surface area contributed by atoms with E-state index >= 15 is 0 Å². The van der Waals surface area contributed by atoms with Crippen LogP contribution in [0.5, 0.6) is 0 Å². The molecule has 1 unspecified atom stereocenters. The lowest BCUT2D eigenvalue weighted by molar-refractivity contribution is -0.145. The van der Waals surface area contributed by atoms with Crippen molar-refractivity contribution < 1.29 is 19.8 Å². The Kier molecular flexibility index (Phi) is 4.55. The lowest BCUT2D eigenvalue weighted by Gasteiger charge is -2.25. The predicted molar refractivity (Wildman–Crippen MR) is 53.6 cm³/mol. The average molecular weight is 215 g/mol. The summed E-state index contributed by atoms with van der Waals surface area (Å²) in [7, 11) is 0. The molecule has 1 rings (SSSR count). The molecule has 0 amide bonds. The molecular weight excluding hydrogens is 198 g/mol. The van der Waals surface area contributed by atoms with Gasteiger partial charge in [0.1, 0.15) is 6.04 Å². The van der Waals surface area contributed by atoms with Crippen LogP contribution >= 0.6 is 0 Å². The van der Waals surface area contributed by atoms with Gasteiger partial charge in [-0.2, -0.15) is 0 Å². The van der Waals surface area contributed by atoms with Crippen LogP contribution in [0.15, 0.2) is 0 Å². The topological polar surface area (TPSA) is 86.6 Å². The van der Waals surface area contributed by atoms with Gasteiger partial charge in [0.15, 0.2) is 0 Å². The zero-order chi connectivity index (χ0) is 11.3. The maximum absolute atomic E-state index is 10.7. The van der Waals surface area contributed by atoms with Gasteiger partial charge in [-0.15, -0.1) is 0 Å². The second-order valence-electron chi connectivity index (χ2n) is 4.03. The Bertz CT molecular complexity index is 238. The van der Waals surface area contributed by atoms with E-state index < -0.39 is 18.0 Å². The molecule has 15 heavy (non-hydrogen) atoms. The van der Waals surface area contributed by atoms with Gasteiger partial charge in [-0.25, -0.2) is 0 Å². The van der Waals surface area contributed by atoms with Crippen molar-refractivity contribution in [3.8, 4) is 0 Å². The Hall–Kier alpha value is -1.10. The summed E-state index contributed by atoms with van der Waals surface area (Å²) in [5, 5.41) is 20.0. The normalized spacial score (nSPS) is 18.1. The van der Waals surface area contributed by atoms with Crippen molar-refractivity contribution in [3.63, 3.8) is 0 Å². The third-order valence-corrected chi connectivity index (χ3v) is 2.84. The number of carboxylic acid groups (broad SMARTS) is 2. The van der Waals surface area contributed by atoms with Crippen LogP contribution in [-0.4, -0.2) is 34.7 Å². The predicted octanol–water partition coefficient (Wildman–Crippen LogP) is 0.694. The summed E-state index contributed by atoms with van der Waals surface area (Å²) >= 11 is 0. The summed E-state index contributed by atoms with van der Waals surface area (Å²) in [5.74, 6) is -1.47. The minimum atomic E-state index is -1.09. The number of hydrogen-bond acceptors (Lipinski definition) is 3. The highest BCUT2D eigenvalue weighted by Gasteiger charge is 2.22. The van der Waals surface area contributed by atoms with Gasteiger partial charge in [-0.05, 0) is 18.9 Å². The molecule has 0 spiro atoms. The lowest BCUT2D eigenvalue weighted by atomic mass is 9.83. The first-order valence-electron chi connectivity index (χ1n) is 5.27. The van der Waals surface area contributed by atoms with E-state index in [0.717, 1.165) is 6.42 Å². The minimum absolute atomic E-state index is 0.361. The highest BCUT2D eigenvalue weighted by molar-refractivity contribution is 5.80. The van der Waals surface area contributed by atoms with Crippen LogP contribution in [0.4, 0.5) is 0 Å². The van der Waals surface area contributed by atoms with Gasteiger partial charge in [0.05, 0.1) is 6.42 Å². The molecule has 0 saturated heterocycles. The van der Waals surface area contributed by atoms with Crippen LogP contribution < -0.4 is 5.32 Å². The molecule has 0 aromatic heterocycles. The number of carbonyl (C=O) groups is 2. The SMILES string of the molecule is O=C(O)CC(NCCC1CCC1)C(=O)O. The van der Waals surface area contributed by atoms with Gasteiger partial charge in [0.25, 0.3) is 0 Å². The maximum Gasteiger partial charge on any atom is 0.321 e. The second kappa shape index (κ2) is 5.70. The molecular formula is C10H17NO4. The van der Waals surface area contributed by atoms with Gasteiger partial charge < -0.3 is 15.5 Å². The first kappa shape index (κ1) is 12.0. The molecule has 0 heterocycles. The summed E-state index contributed by atoms with van der Waals surface area (Å²) in [6.45, 7) is 0.592. The van der Waals surface area contributed by atoms with Gasteiger partial charge in [-0.1, -0.05) is 19.3 Å². The van der Waals surface area contributed by atoms with Crippen LogP contribution in [0, 0.1) is 5.92 Å². The highest BCUT2D eigenvalue weighted by Crippen LogP contribution is 2.28. The van der Waals surface area contributed by atoms with Crippen LogP contribution in [0.1, 0.15) is 32.1 Å². The molecule has 1 atom stereocenters. The van der Waals surface area contributed by atoms with Crippen molar-refractivity contribution in [2.24, 2.45) is 5.92 Å². The van der Waals surface area contributed by atoms with Crippen molar-refractivity contribution in [1.29, 1.82) is 0 Å².